The van der Waals surface area contributed by atoms with Crippen LogP contribution in [-0.4, -0.2) is 40.9 Å². The van der Waals surface area contributed by atoms with Gasteiger partial charge in [-0.3, -0.25) is 4.79 Å². The topological polar surface area (TPSA) is 106 Å². The summed E-state index contributed by atoms with van der Waals surface area (Å²) in [5.41, 5.74) is 3.04. The van der Waals surface area contributed by atoms with Gasteiger partial charge in [0.1, 0.15) is 24.1 Å². The molecular formula is C31H31N3O5. The van der Waals surface area contributed by atoms with Crippen LogP contribution in [0.4, 0.5) is 5.69 Å². The molecule has 3 N–H and O–H groups in total. The lowest BCUT2D eigenvalue weighted by Gasteiger charge is -2.25. The average Bonchev–Trinajstić information content (AvgIpc) is 3.24. The van der Waals surface area contributed by atoms with Crippen molar-refractivity contribution < 1.29 is 19.4 Å². The van der Waals surface area contributed by atoms with Crippen LogP contribution in [0, 0.1) is 19.3 Å². The van der Waals surface area contributed by atoms with Gasteiger partial charge < -0.3 is 24.9 Å². The zero-order chi connectivity index (χ0) is 27.9. The number of H-pyrrole nitrogens is 1. The number of aryl methyl sites for hydroxylation is 1. The highest BCUT2D eigenvalue weighted by atomic mass is 16.5. The first-order valence-corrected chi connectivity index (χ1v) is 12.5. The van der Waals surface area contributed by atoms with Gasteiger partial charge in [-0.1, -0.05) is 43.2 Å². The minimum Gasteiger partial charge on any atom is -0.493 e. The molecule has 0 bridgehead atoms. The van der Waals surface area contributed by atoms with Gasteiger partial charge in [-0.2, -0.15) is 0 Å². The van der Waals surface area contributed by atoms with Crippen molar-refractivity contribution in [3.05, 3.63) is 100.0 Å². The van der Waals surface area contributed by atoms with Gasteiger partial charge in [-0.05, 0) is 60.5 Å². The van der Waals surface area contributed by atoms with Crippen LogP contribution in [0.1, 0.15) is 35.6 Å². The van der Waals surface area contributed by atoms with Crippen molar-refractivity contribution >= 4 is 11.6 Å². The summed E-state index contributed by atoms with van der Waals surface area (Å²) >= 11 is 0. The van der Waals surface area contributed by atoms with Gasteiger partial charge in [0.25, 0.3) is 0 Å². The van der Waals surface area contributed by atoms with E-state index in [9.17, 15) is 14.7 Å². The summed E-state index contributed by atoms with van der Waals surface area (Å²) in [6.45, 7) is 4.54. The number of imidazole rings is 1. The maximum Gasteiger partial charge on any atom is 0.329 e. The Labute approximate surface area is 227 Å². The van der Waals surface area contributed by atoms with E-state index >= 15 is 0 Å². The lowest BCUT2D eigenvalue weighted by atomic mass is 9.92. The van der Waals surface area contributed by atoms with Crippen molar-refractivity contribution in [2.45, 2.75) is 25.8 Å². The quantitative estimate of drug-likeness (QED) is 0.203. The minimum absolute atomic E-state index is 0.205. The van der Waals surface area contributed by atoms with E-state index < -0.39 is 23.6 Å². The van der Waals surface area contributed by atoms with E-state index in [-0.39, 0.29) is 11.6 Å². The Hall–Kier alpha value is -4.74. The molecule has 0 saturated heterocycles. The van der Waals surface area contributed by atoms with Crippen molar-refractivity contribution in [2.75, 3.05) is 25.6 Å². The summed E-state index contributed by atoms with van der Waals surface area (Å²) in [4.78, 5) is 29.8. The first-order valence-electron chi connectivity index (χ1n) is 12.5. The van der Waals surface area contributed by atoms with Gasteiger partial charge in [0.15, 0.2) is 0 Å². The second kappa shape index (κ2) is 12.2. The van der Waals surface area contributed by atoms with E-state index in [1.807, 2.05) is 44.2 Å². The number of carbonyl (C=O) groups is 1. The number of ether oxygens (including phenoxy) is 2. The van der Waals surface area contributed by atoms with Crippen LogP contribution in [0.25, 0.3) is 11.3 Å². The molecule has 4 aromatic rings. The Balaban J connectivity index is 1.72. The van der Waals surface area contributed by atoms with E-state index in [0.717, 1.165) is 15.7 Å². The molecule has 39 heavy (non-hydrogen) atoms. The van der Waals surface area contributed by atoms with Crippen molar-refractivity contribution in [3.63, 3.8) is 0 Å². The maximum atomic E-state index is 13.8. The molecule has 8 heteroatoms. The number of amides is 1. The molecule has 0 unspecified atom stereocenters. The Morgan fingerprint density at radius 3 is 2.46 bits per heavy atom. The molecule has 0 spiro atoms. The molecule has 8 nitrogen and oxygen atoms in total. The molecule has 1 aromatic heterocycles. The van der Waals surface area contributed by atoms with Crippen LogP contribution in [-0.2, 0) is 9.53 Å². The van der Waals surface area contributed by atoms with Crippen LogP contribution in [0.2, 0.25) is 0 Å². The highest BCUT2D eigenvalue weighted by molar-refractivity contribution is 5.95. The molecule has 0 fully saturated rings. The number of hydrogen-bond acceptors (Lipinski definition) is 5. The second-order valence-corrected chi connectivity index (χ2v) is 9.17. The molecule has 1 amide bonds. The standard InChI is InChI=1S/C31H31N3O5/c1-5-22-11-16-26(20(2)19-22)32-29(35)28(21(3)23-9-7-6-8-10-23)34-30(36)27(33-31(34)37)24-12-14-25(15-13-24)39-18-17-38-4/h1,6-16,19,21,28,36H,17-18H2,2-4H3,(H,32,35)(H,33,37)/t21-,28-/m0/s1. The van der Waals surface area contributed by atoms with Crippen LogP contribution >= 0.6 is 0 Å². The second-order valence-electron chi connectivity index (χ2n) is 9.17. The molecule has 0 aliphatic rings. The fourth-order valence-electron chi connectivity index (χ4n) is 4.47. The van der Waals surface area contributed by atoms with Gasteiger partial charge in [0.2, 0.25) is 11.8 Å². The largest absolute Gasteiger partial charge is 0.493 e. The number of nitrogens with one attached hydrogen (secondary N) is 2. The predicted molar refractivity (Wildman–Crippen MR) is 151 cm³/mol. The van der Waals surface area contributed by atoms with Crippen molar-refractivity contribution in [2.24, 2.45) is 0 Å². The number of terminal acetylenes is 1. The minimum atomic E-state index is -1.06. The van der Waals surface area contributed by atoms with Crippen molar-refractivity contribution in [1.82, 2.24) is 9.55 Å². The van der Waals surface area contributed by atoms with Gasteiger partial charge in [-0.25, -0.2) is 9.36 Å². The SMILES string of the molecule is C#Cc1ccc(NC(=O)[C@H]([C@@H](C)c2ccccc2)n2c(O)c(-c3ccc(OCCOC)cc3)[nH]c2=O)c(C)c1. The smallest absolute Gasteiger partial charge is 0.329 e. The number of aromatic nitrogens is 2. The van der Waals surface area contributed by atoms with Crippen molar-refractivity contribution in [1.29, 1.82) is 0 Å². The van der Waals surface area contributed by atoms with Crippen LogP contribution < -0.4 is 15.7 Å². The fourth-order valence-corrected chi connectivity index (χ4v) is 4.47. The number of benzene rings is 3. The molecule has 2 atom stereocenters. The van der Waals surface area contributed by atoms with Crippen molar-refractivity contribution in [3.8, 4) is 35.2 Å². The van der Waals surface area contributed by atoms with Gasteiger partial charge >= 0.3 is 5.69 Å². The van der Waals surface area contributed by atoms with Gasteiger partial charge in [0.05, 0.1) is 6.61 Å². The number of nitrogens with zero attached hydrogens (tertiary/aromatic N) is 1. The first kappa shape index (κ1) is 27.3. The highest BCUT2D eigenvalue weighted by Crippen LogP contribution is 2.36. The first-order chi connectivity index (χ1) is 18.8. The molecule has 0 saturated carbocycles. The summed E-state index contributed by atoms with van der Waals surface area (Å²) in [7, 11) is 1.60. The number of aromatic amines is 1. The predicted octanol–water partition coefficient (Wildman–Crippen LogP) is 4.85. The molecule has 3 aromatic carbocycles. The van der Waals surface area contributed by atoms with Gasteiger partial charge in [0, 0.05) is 29.8 Å². The Kier molecular flexibility index (Phi) is 8.54. The molecule has 1 heterocycles. The number of rotatable bonds is 10. The van der Waals surface area contributed by atoms with Crippen LogP contribution in [0.3, 0.4) is 0 Å². The molecule has 0 aliphatic heterocycles. The maximum absolute atomic E-state index is 13.8. The summed E-state index contributed by atoms with van der Waals surface area (Å²) in [6.07, 6.45) is 5.50. The summed E-state index contributed by atoms with van der Waals surface area (Å²) in [5.74, 6) is 1.95. The Morgan fingerprint density at radius 1 is 1.10 bits per heavy atom. The molecule has 0 radical (unpaired) electrons. The Morgan fingerprint density at radius 2 is 1.82 bits per heavy atom. The van der Waals surface area contributed by atoms with E-state index in [0.29, 0.717) is 35.8 Å². The summed E-state index contributed by atoms with van der Waals surface area (Å²) < 4.78 is 11.7. The van der Waals surface area contributed by atoms with E-state index in [2.05, 4.69) is 16.2 Å². The lowest BCUT2D eigenvalue weighted by Crippen LogP contribution is -2.35. The number of aromatic hydroxyl groups is 1. The Bertz CT molecular complexity index is 1530. The monoisotopic (exact) mass is 525 g/mol. The number of methoxy groups -OCH3 is 1. The lowest BCUT2D eigenvalue weighted by molar-refractivity contribution is -0.120. The third-order valence-corrected chi connectivity index (χ3v) is 6.60. The molecular weight excluding hydrogens is 494 g/mol. The summed E-state index contributed by atoms with van der Waals surface area (Å²) in [6, 6.07) is 20.5. The van der Waals surface area contributed by atoms with E-state index in [4.69, 9.17) is 15.9 Å². The highest BCUT2D eigenvalue weighted by Gasteiger charge is 2.33. The normalized spacial score (nSPS) is 12.4. The van der Waals surface area contributed by atoms with Gasteiger partial charge in [-0.15, -0.1) is 6.42 Å². The fraction of sp³-hybridized carbons (Fsp3) is 0.226. The third-order valence-electron chi connectivity index (χ3n) is 6.60. The summed E-state index contributed by atoms with van der Waals surface area (Å²) in [5, 5.41) is 14.2. The number of carbonyl (C=O) groups excluding carboxylic acids is 1. The third kappa shape index (κ3) is 6.06. The zero-order valence-electron chi connectivity index (χ0n) is 22.1. The molecule has 200 valence electrons. The van der Waals surface area contributed by atoms with Crippen LogP contribution in [0.15, 0.2) is 77.6 Å². The van der Waals surface area contributed by atoms with E-state index in [1.165, 1.54) is 0 Å². The van der Waals surface area contributed by atoms with E-state index in [1.54, 1.807) is 49.6 Å². The number of anilines is 1. The average molecular weight is 526 g/mol. The van der Waals surface area contributed by atoms with Crippen LogP contribution in [0.5, 0.6) is 11.6 Å². The molecule has 0 aliphatic carbocycles. The molecule has 4 rings (SSSR count). The zero-order valence-corrected chi connectivity index (χ0v) is 22.1. The number of hydrogen-bond donors (Lipinski definition) is 3.